The maximum atomic E-state index is 11.3. The number of fused-ring (bicyclic) bond motifs is 1. The Balaban J connectivity index is 0.00000180. The third-order valence-electron chi connectivity index (χ3n) is 2.38. The molecule has 0 aliphatic heterocycles. The summed E-state index contributed by atoms with van der Waals surface area (Å²) in [5.74, 6) is 0. The third-order valence-corrected chi connectivity index (χ3v) is 4.36. The molecule has 0 unspecified atom stereocenters. The molecule has 0 aliphatic carbocycles. The lowest BCUT2D eigenvalue weighted by molar-refractivity contribution is 0.467. The first-order valence-electron chi connectivity index (χ1n) is 4.68. The van der Waals surface area contributed by atoms with Gasteiger partial charge in [0.2, 0.25) is 0 Å². The van der Waals surface area contributed by atoms with Gasteiger partial charge in [-0.25, -0.2) is 0 Å². The number of benzene rings is 2. The Kier molecular flexibility index (Phi) is 4.60. The molecule has 2 radical (unpaired) electrons. The minimum Gasteiger partial charge on any atom is -0.282 e. The van der Waals surface area contributed by atoms with Gasteiger partial charge < -0.3 is 0 Å². The summed E-state index contributed by atoms with van der Waals surface area (Å²) >= 11 is 0. The number of hydrogen-bond donors (Lipinski definition) is 2. The maximum absolute atomic E-state index is 11.3. The zero-order valence-electron chi connectivity index (χ0n) is 9.52. The molecule has 6 nitrogen and oxygen atoms in total. The smallest absolute Gasteiger partial charge is 0.282 e. The van der Waals surface area contributed by atoms with E-state index in [9.17, 15) is 16.8 Å². The van der Waals surface area contributed by atoms with E-state index in [0.717, 1.165) is 6.07 Å². The highest BCUT2D eigenvalue weighted by Crippen LogP contribution is 2.29. The molecule has 2 N–H and O–H groups in total. The average molecular weight is 313 g/mol. The Morgan fingerprint density at radius 2 is 1.37 bits per heavy atom. The molecule has 2 aromatic carbocycles. The van der Waals surface area contributed by atoms with Crippen LogP contribution in [0, 0.1) is 0 Å². The Labute approximate surface area is 126 Å². The minimum atomic E-state index is -4.78. The summed E-state index contributed by atoms with van der Waals surface area (Å²) in [5.41, 5.74) is 0. The van der Waals surface area contributed by atoms with Crippen LogP contribution in [0.25, 0.3) is 10.8 Å². The summed E-state index contributed by atoms with van der Waals surface area (Å²) < 4.78 is 63.0. The molecule has 2 aromatic rings. The molecule has 0 saturated heterocycles. The SMILES string of the molecule is O=S(=O)(O)c1ccc2ccccc2c1S(=O)(=O)O.[Mg]. The largest absolute Gasteiger partial charge is 0.296 e. The molecule has 2 rings (SSSR count). The van der Waals surface area contributed by atoms with Gasteiger partial charge in [0.15, 0.2) is 0 Å². The van der Waals surface area contributed by atoms with Crippen molar-refractivity contribution in [1.82, 2.24) is 0 Å². The van der Waals surface area contributed by atoms with Gasteiger partial charge in [-0.05, 0) is 11.5 Å². The van der Waals surface area contributed by atoms with Gasteiger partial charge in [-0.2, -0.15) is 16.8 Å². The molecule has 0 aromatic heterocycles. The van der Waals surface area contributed by atoms with Crippen LogP contribution >= 0.6 is 0 Å². The third kappa shape index (κ3) is 3.24. The molecule has 0 atom stereocenters. The fourth-order valence-electron chi connectivity index (χ4n) is 1.69. The Hall–Kier alpha value is -0.714. The van der Waals surface area contributed by atoms with E-state index >= 15 is 0 Å². The molecule has 0 spiro atoms. The molecule has 0 bridgehead atoms. The fourth-order valence-corrected chi connectivity index (χ4v) is 3.69. The van der Waals surface area contributed by atoms with Crippen LogP contribution in [0.2, 0.25) is 0 Å². The van der Waals surface area contributed by atoms with Gasteiger partial charge in [0, 0.05) is 28.4 Å². The van der Waals surface area contributed by atoms with E-state index in [1.165, 1.54) is 18.2 Å². The lowest BCUT2D eigenvalue weighted by Crippen LogP contribution is -2.09. The number of hydrogen-bond acceptors (Lipinski definition) is 4. The highest BCUT2D eigenvalue weighted by molar-refractivity contribution is 7.89. The normalized spacial score (nSPS) is 12.1. The van der Waals surface area contributed by atoms with E-state index in [-0.39, 0.29) is 28.4 Å². The van der Waals surface area contributed by atoms with Crippen LogP contribution in [-0.2, 0) is 20.2 Å². The minimum absolute atomic E-state index is 0. The van der Waals surface area contributed by atoms with Crippen LogP contribution in [0.3, 0.4) is 0 Å². The van der Waals surface area contributed by atoms with Gasteiger partial charge in [0.1, 0.15) is 9.79 Å². The molecule has 0 saturated carbocycles. The molecule has 98 valence electrons. The summed E-state index contributed by atoms with van der Waals surface area (Å²) in [4.78, 5) is -1.66. The van der Waals surface area contributed by atoms with Crippen molar-refractivity contribution in [3.63, 3.8) is 0 Å². The summed E-state index contributed by atoms with van der Waals surface area (Å²) in [7, 11) is -9.53. The summed E-state index contributed by atoms with van der Waals surface area (Å²) in [5, 5.41) is 0.452. The molecule has 0 fully saturated rings. The summed E-state index contributed by atoms with van der Waals surface area (Å²) in [6, 6.07) is 8.28. The highest BCUT2D eigenvalue weighted by atomic mass is 32.2. The second-order valence-electron chi connectivity index (χ2n) is 3.56. The number of rotatable bonds is 2. The van der Waals surface area contributed by atoms with Crippen LogP contribution in [0.15, 0.2) is 46.2 Å². The van der Waals surface area contributed by atoms with Gasteiger partial charge in [0.05, 0.1) is 0 Å². The van der Waals surface area contributed by atoms with Crippen LogP contribution in [0.5, 0.6) is 0 Å². The topological polar surface area (TPSA) is 109 Å². The van der Waals surface area contributed by atoms with Crippen LogP contribution < -0.4 is 0 Å². The molecule has 9 heteroatoms. The van der Waals surface area contributed by atoms with Crippen molar-refractivity contribution in [2.75, 3.05) is 0 Å². The van der Waals surface area contributed by atoms with E-state index in [0.29, 0.717) is 5.39 Å². The Morgan fingerprint density at radius 1 is 0.789 bits per heavy atom. The quantitative estimate of drug-likeness (QED) is 0.631. The first-order chi connectivity index (χ1) is 8.21. The van der Waals surface area contributed by atoms with Crippen LogP contribution in [0.1, 0.15) is 0 Å². The Bertz CT molecular complexity index is 826. The Morgan fingerprint density at radius 3 is 1.89 bits per heavy atom. The maximum Gasteiger partial charge on any atom is 0.296 e. The predicted molar refractivity (Wildman–Crippen MR) is 69.3 cm³/mol. The first-order valence-corrected chi connectivity index (χ1v) is 7.56. The van der Waals surface area contributed by atoms with Crippen molar-refractivity contribution in [1.29, 1.82) is 0 Å². The standard InChI is InChI=1S/C10H8O6S2.Mg/c11-17(12,13)9-6-5-7-3-1-2-4-8(7)10(9)18(14,15)16;/h1-6H,(H,11,12,13)(H,14,15,16);. The molecule has 0 heterocycles. The van der Waals surface area contributed by atoms with Gasteiger partial charge >= 0.3 is 0 Å². The van der Waals surface area contributed by atoms with E-state index in [1.807, 2.05) is 0 Å². The van der Waals surface area contributed by atoms with Crippen LogP contribution in [-0.4, -0.2) is 49.0 Å². The zero-order chi connectivity index (χ0) is 13.6. The van der Waals surface area contributed by atoms with Gasteiger partial charge in [-0.15, -0.1) is 0 Å². The molecular weight excluding hydrogens is 305 g/mol. The van der Waals surface area contributed by atoms with E-state index < -0.39 is 30.0 Å². The fraction of sp³-hybridized carbons (Fsp3) is 0. The molecule has 0 aliphatic rings. The van der Waals surface area contributed by atoms with E-state index in [2.05, 4.69) is 0 Å². The second kappa shape index (κ2) is 5.35. The van der Waals surface area contributed by atoms with Crippen molar-refractivity contribution >= 4 is 54.1 Å². The first kappa shape index (κ1) is 16.3. The molecule has 0 amide bonds. The second-order valence-corrected chi connectivity index (χ2v) is 6.31. The van der Waals surface area contributed by atoms with Gasteiger partial charge in [-0.3, -0.25) is 9.11 Å². The lowest BCUT2D eigenvalue weighted by Gasteiger charge is -2.08. The van der Waals surface area contributed by atoms with Crippen LogP contribution in [0.4, 0.5) is 0 Å². The summed E-state index contributed by atoms with van der Waals surface area (Å²) in [6.45, 7) is 0. The average Bonchev–Trinajstić information content (AvgIpc) is 2.24. The van der Waals surface area contributed by atoms with Gasteiger partial charge in [-0.1, -0.05) is 30.3 Å². The summed E-state index contributed by atoms with van der Waals surface area (Å²) in [6.07, 6.45) is 0. The van der Waals surface area contributed by atoms with Crippen molar-refractivity contribution in [3.05, 3.63) is 36.4 Å². The molecular formula is C10H8MgO6S2. The van der Waals surface area contributed by atoms with E-state index in [4.69, 9.17) is 9.11 Å². The lowest BCUT2D eigenvalue weighted by atomic mass is 10.1. The predicted octanol–water partition coefficient (Wildman–Crippen LogP) is 0.952. The van der Waals surface area contributed by atoms with E-state index in [1.54, 1.807) is 12.1 Å². The van der Waals surface area contributed by atoms with Crippen molar-refractivity contribution in [2.45, 2.75) is 9.79 Å². The zero-order valence-corrected chi connectivity index (χ0v) is 12.6. The van der Waals surface area contributed by atoms with Crippen molar-refractivity contribution in [3.8, 4) is 0 Å². The monoisotopic (exact) mass is 312 g/mol. The van der Waals surface area contributed by atoms with Crippen molar-refractivity contribution < 1.29 is 25.9 Å². The van der Waals surface area contributed by atoms with Gasteiger partial charge in [0.25, 0.3) is 20.2 Å². The van der Waals surface area contributed by atoms with Crippen molar-refractivity contribution in [2.24, 2.45) is 0 Å². The highest BCUT2D eigenvalue weighted by Gasteiger charge is 2.26. The molecule has 19 heavy (non-hydrogen) atoms.